The van der Waals surface area contributed by atoms with Crippen molar-refractivity contribution >= 4 is 28.9 Å². The second kappa shape index (κ2) is 6.93. The Bertz CT molecular complexity index is 694. The minimum Gasteiger partial charge on any atom is -0.385 e. The van der Waals surface area contributed by atoms with Crippen LogP contribution in [0.5, 0.6) is 0 Å². The number of amides is 1. The number of hydrogen-bond donors (Lipinski definition) is 0. The maximum absolute atomic E-state index is 11.4. The molecule has 1 aliphatic rings. The highest BCUT2D eigenvalue weighted by Crippen LogP contribution is 2.35. The molecule has 23 heavy (non-hydrogen) atoms. The average Bonchev–Trinajstić information content (AvgIpc) is 3.34. The molecule has 1 fully saturated rings. The summed E-state index contributed by atoms with van der Waals surface area (Å²) < 4.78 is 7.31. The van der Waals surface area contributed by atoms with Gasteiger partial charge in [-0.3, -0.25) is 4.79 Å². The van der Waals surface area contributed by atoms with Crippen LogP contribution in [0.2, 0.25) is 5.02 Å². The highest BCUT2D eigenvalue weighted by Gasteiger charge is 2.31. The molecule has 1 atom stereocenters. The van der Waals surface area contributed by atoms with Crippen LogP contribution in [-0.4, -0.2) is 35.6 Å². The molecule has 2 aromatic rings. The van der Waals surface area contributed by atoms with Crippen molar-refractivity contribution in [3.8, 4) is 0 Å². The minimum absolute atomic E-state index is 0.0884. The van der Waals surface area contributed by atoms with Crippen LogP contribution in [0.25, 0.3) is 10.9 Å². The normalized spacial score (nSPS) is 15.8. The quantitative estimate of drug-likeness (QED) is 0.540. The summed E-state index contributed by atoms with van der Waals surface area (Å²) in [5, 5.41) is 1.83. The van der Waals surface area contributed by atoms with Crippen LogP contribution < -0.4 is 0 Å². The Labute approximate surface area is 142 Å². The number of fused-ring (bicyclic) bond motifs is 1. The Morgan fingerprint density at radius 1 is 1.48 bits per heavy atom. The van der Waals surface area contributed by atoms with Crippen LogP contribution in [0.3, 0.4) is 0 Å². The molecule has 1 unspecified atom stereocenters. The van der Waals surface area contributed by atoms with Gasteiger partial charge in [0.05, 0.1) is 11.1 Å². The van der Waals surface area contributed by atoms with Crippen LogP contribution in [0.15, 0.2) is 24.4 Å². The van der Waals surface area contributed by atoms with E-state index < -0.39 is 0 Å². The number of aryl methyl sites for hydroxylation is 1. The van der Waals surface area contributed by atoms with Crippen LogP contribution >= 0.6 is 11.6 Å². The lowest BCUT2D eigenvalue weighted by Crippen LogP contribution is -2.27. The van der Waals surface area contributed by atoms with Crippen molar-refractivity contribution in [2.75, 3.05) is 13.7 Å². The van der Waals surface area contributed by atoms with E-state index >= 15 is 0 Å². The molecule has 4 nitrogen and oxygen atoms in total. The minimum atomic E-state index is 0.0884. The molecule has 0 aliphatic heterocycles. The number of rotatable bonds is 8. The van der Waals surface area contributed by atoms with Gasteiger partial charge in [0.1, 0.15) is 0 Å². The van der Waals surface area contributed by atoms with Gasteiger partial charge in [-0.25, -0.2) is 0 Å². The zero-order valence-corrected chi connectivity index (χ0v) is 14.4. The van der Waals surface area contributed by atoms with Gasteiger partial charge >= 0.3 is 0 Å². The van der Waals surface area contributed by atoms with Crippen LogP contribution in [-0.2, 0) is 16.1 Å². The number of hydrogen-bond acceptors (Lipinski definition) is 2. The molecule has 1 heterocycles. The average molecular weight is 335 g/mol. The fourth-order valence-corrected chi connectivity index (χ4v) is 3.40. The molecule has 0 saturated heterocycles. The summed E-state index contributed by atoms with van der Waals surface area (Å²) in [6, 6.07) is 6.81. The van der Waals surface area contributed by atoms with E-state index in [-0.39, 0.29) is 6.04 Å². The molecule has 1 aromatic carbocycles. The van der Waals surface area contributed by atoms with E-state index in [9.17, 15) is 4.79 Å². The molecule has 3 rings (SSSR count). The molecular formula is C18H23ClN2O2. The topological polar surface area (TPSA) is 34.5 Å². The fourth-order valence-electron chi connectivity index (χ4n) is 3.13. The molecule has 5 heteroatoms. The van der Waals surface area contributed by atoms with Gasteiger partial charge in [0.25, 0.3) is 0 Å². The van der Waals surface area contributed by atoms with Crippen molar-refractivity contribution in [3.05, 3.63) is 35.0 Å². The zero-order valence-electron chi connectivity index (χ0n) is 13.7. The van der Waals surface area contributed by atoms with Gasteiger partial charge in [-0.05, 0) is 37.8 Å². The predicted molar refractivity (Wildman–Crippen MR) is 92.8 cm³/mol. The van der Waals surface area contributed by atoms with Gasteiger partial charge in [0, 0.05) is 43.4 Å². The maximum atomic E-state index is 11.4. The van der Waals surface area contributed by atoms with E-state index in [2.05, 4.69) is 29.7 Å². The summed E-state index contributed by atoms with van der Waals surface area (Å²) in [4.78, 5) is 13.3. The smallest absolute Gasteiger partial charge is 0.210 e. The molecule has 0 radical (unpaired) electrons. The van der Waals surface area contributed by atoms with Crippen molar-refractivity contribution in [2.24, 2.45) is 0 Å². The Morgan fingerprint density at radius 3 is 2.91 bits per heavy atom. The van der Waals surface area contributed by atoms with E-state index in [1.165, 1.54) is 0 Å². The second-order valence-corrected chi connectivity index (χ2v) is 6.66. The monoisotopic (exact) mass is 334 g/mol. The largest absolute Gasteiger partial charge is 0.385 e. The number of methoxy groups -OCH3 is 1. The molecule has 1 aromatic heterocycles. The molecule has 1 saturated carbocycles. The first kappa shape index (κ1) is 16.3. The number of ether oxygens (including phenoxy) is 1. The molecule has 124 valence electrons. The summed E-state index contributed by atoms with van der Waals surface area (Å²) in [5.74, 6) is 0. The summed E-state index contributed by atoms with van der Waals surface area (Å²) >= 11 is 6.35. The molecule has 0 spiro atoms. The highest BCUT2D eigenvalue weighted by molar-refractivity contribution is 6.35. The SMILES string of the molecule is COCCCn1cc(Cl)c2ccc(C(C)N(C=O)C3CC3)cc21. The fraction of sp³-hybridized carbons (Fsp3) is 0.500. The summed E-state index contributed by atoms with van der Waals surface area (Å²) in [6.45, 7) is 3.69. The Kier molecular flexibility index (Phi) is 4.93. The first-order valence-electron chi connectivity index (χ1n) is 8.15. The van der Waals surface area contributed by atoms with E-state index in [0.29, 0.717) is 6.04 Å². The Morgan fingerprint density at radius 2 is 2.26 bits per heavy atom. The number of carbonyl (C=O) groups excluding carboxylic acids is 1. The van der Waals surface area contributed by atoms with Crippen LogP contribution in [0.1, 0.15) is 37.8 Å². The number of aromatic nitrogens is 1. The van der Waals surface area contributed by atoms with Gasteiger partial charge in [-0.15, -0.1) is 0 Å². The van der Waals surface area contributed by atoms with E-state index in [0.717, 1.165) is 60.3 Å². The Balaban J connectivity index is 1.89. The first-order valence-corrected chi connectivity index (χ1v) is 8.53. The lowest BCUT2D eigenvalue weighted by Gasteiger charge is -2.25. The van der Waals surface area contributed by atoms with Gasteiger partial charge in [0.2, 0.25) is 6.41 Å². The third kappa shape index (κ3) is 3.38. The van der Waals surface area contributed by atoms with Crippen molar-refractivity contribution in [1.29, 1.82) is 0 Å². The van der Waals surface area contributed by atoms with Crippen LogP contribution in [0, 0.1) is 0 Å². The summed E-state index contributed by atoms with van der Waals surface area (Å²) in [6.07, 6.45) is 6.14. The summed E-state index contributed by atoms with van der Waals surface area (Å²) in [5.41, 5.74) is 2.27. The second-order valence-electron chi connectivity index (χ2n) is 6.25. The van der Waals surface area contributed by atoms with Crippen molar-refractivity contribution in [2.45, 2.75) is 44.8 Å². The van der Waals surface area contributed by atoms with Crippen molar-refractivity contribution in [3.63, 3.8) is 0 Å². The van der Waals surface area contributed by atoms with Crippen molar-refractivity contribution in [1.82, 2.24) is 9.47 Å². The molecule has 0 bridgehead atoms. The van der Waals surface area contributed by atoms with Crippen molar-refractivity contribution < 1.29 is 9.53 Å². The number of carbonyl (C=O) groups is 1. The van der Waals surface area contributed by atoms with E-state index in [1.807, 2.05) is 11.1 Å². The first-order chi connectivity index (χ1) is 11.2. The number of nitrogens with zero attached hydrogens (tertiary/aromatic N) is 2. The molecular weight excluding hydrogens is 312 g/mol. The molecule has 1 aliphatic carbocycles. The highest BCUT2D eigenvalue weighted by atomic mass is 35.5. The standard InChI is InChI=1S/C18H23ClN2O2/c1-13(21(12-22)15-5-6-15)14-4-7-16-17(19)11-20(18(16)10-14)8-3-9-23-2/h4,7,10-13,15H,3,5-6,8-9H2,1-2H3. The molecule has 1 amide bonds. The third-order valence-electron chi connectivity index (χ3n) is 4.63. The van der Waals surface area contributed by atoms with Gasteiger partial charge < -0.3 is 14.2 Å². The third-order valence-corrected chi connectivity index (χ3v) is 4.93. The van der Waals surface area contributed by atoms with E-state index in [4.69, 9.17) is 16.3 Å². The maximum Gasteiger partial charge on any atom is 0.210 e. The zero-order chi connectivity index (χ0) is 16.4. The van der Waals surface area contributed by atoms with E-state index in [1.54, 1.807) is 7.11 Å². The lowest BCUT2D eigenvalue weighted by molar-refractivity contribution is -0.120. The molecule has 0 N–H and O–H groups in total. The summed E-state index contributed by atoms with van der Waals surface area (Å²) in [7, 11) is 1.71. The predicted octanol–water partition coefficient (Wildman–Crippen LogP) is 4.01. The van der Waals surface area contributed by atoms with Gasteiger partial charge in [-0.2, -0.15) is 0 Å². The number of halogens is 1. The van der Waals surface area contributed by atoms with Crippen LogP contribution in [0.4, 0.5) is 0 Å². The van der Waals surface area contributed by atoms with Gasteiger partial charge in [0.15, 0.2) is 0 Å². The Hall–Kier alpha value is -1.52. The lowest BCUT2D eigenvalue weighted by atomic mass is 10.1. The number of benzene rings is 1. The van der Waals surface area contributed by atoms with Gasteiger partial charge in [-0.1, -0.05) is 23.7 Å².